The summed E-state index contributed by atoms with van der Waals surface area (Å²) in [4.78, 5) is 24.6. The number of aromatic nitrogens is 3. The molecule has 9 heteroatoms. The zero-order valence-electron chi connectivity index (χ0n) is 14.1. The molecule has 0 unspecified atom stereocenters. The average Bonchev–Trinajstić information content (AvgIpc) is 2.66. The number of nitrogens with two attached hydrogens (primary N) is 1. The fourth-order valence-corrected chi connectivity index (χ4v) is 3.61. The summed E-state index contributed by atoms with van der Waals surface area (Å²) in [5, 5.41) is 0.917. The second kappa shape index (κ2) is 8.56. The quantitative estimate of drug-likeness (QED) is 0.479. The Balaban J connectivity index is 1.95. The molecule has 0 radical (unpaired) electrons. The van der Waals surface area contributed by atoms with Crippen molar-refractivity contribution in [2.45, 2.75) is 10.9 Å². The minimum Gasteiger partial charge on any atom is -0.465 e. The lowest BCUT2D eigenvalue weighted by Crippen LogP contribution is -2.05. The molecule has 0 fully saturated rings. The SMILES string of the molecule is COC(=O)c1cc(-c2nc(N)nc(SCc3ccccc3)n2)c(Cl)cc1Cl. The van der Waals surface area contributed by atoms with E-state index in [0.717, 1.165) is 5.56 Å². The van der Waals surface area contributed by atoms with Gasteiger partial charge >= 0.3 is 5.97 Å². The highest BCUT2D eigenvalue weighted by Crippen LogP contribution is 2.32. The van der Waals surface area contributed by atoms with Crippen molar-refractivity contribution < 1.29 is 9.53 Å². The molecule has 0 aliphatic heterocycles. The summed E-state index contributed by atoms with van der Waals surface area (Å²) in [6.07, 6.45) is 0. The number of anilines is 1. The van der Waals surface area contributed by atoms with Gasteiger partial charge in [0.2, 0.25) is 5.95 Å². The van der Waals surface area contributed by atoms with Crippen LogP contribution in [0.1, 0.15) is 15.9 Å². The van der Waals surface area contributed by atoms with Gasteiger partial charge in [-0.2, -0.15) is 9.97 Å². The van der Waals surface area contributed by atoms with Crippen molar-refractivity contribution in [3.63, 3.8) is 0 Å². The Morgan fingerprint density at radius 1 is 1.11 bits per heavy atom. The lowest BCUT2D eigenvalue weighted by Gasteiger charge is -2.09. The molecule has 1 heterocycles. The van der Waals surface area contributed by atoms with E-state index in [9.17, 15) is 4.79 Å². The number of ether oxygens (including phenoxy) is 1. The number of carbonyl (C=O) groups is 1. The summed E-state index contributed by atoms with van der Waals surface area (Å²) in [6.45, 7) is 0. The van der Waals surface area contributed by atoms with Crippen LogP contribution in [0.2, 0.25) is 10.0 Å². The second-order valence-corrected chi connectivity index (χ2v) is 7.13. The Morgan fingerprint density at radius 2 is 1.85 bits per heavy atom. The predicted molar refractivity (Wildman–Crippen MR) is 107 cm³/mol. The molecule has 0 spiro atoms. The maximum absolute atomic E-state index is 11.9. The number of esters is 1. The van der Waals surface area contributed by atoms with Gasteiger partial charge in [0.1, 0.15) is 0 Å². The largest absolute Gasteiger partial charge is 0.465 e. The van der Waals surface area contributed by atoms with Crippen LogP contribution in [0.5, 0.6) is 0 Å². The molecule has 0 amide bonds. The Bertz CT molecular complexity index is 987. The number of benzene rings is 2. The van der Waals surface area contributed by atoms with Crippen LogP contribution in [-0.2, 0) is 10.5 Å². The van der Waals surface area contributed by atoms with E-state index in [4.69, 9.17) is 33.7 Å². The average molecular weight is 421 g/mol. The van der Waals surface area contributed by atoms with E-state index in [1.54, 1.807) is 0 Å². The van der Waals surface area contributed by atoms with Gasteiger partial charge in [0, 0.05) is 11.3 Å². The van der Waals surface area contributed by atoms with Gasteiger partial charge in [-0.25, -0.2) is 9.78 Å². The predicted octanol–water partition coefficient (Wildman–Crippen LogP) is 4.51. The number of hydrogen-bond donors (Lipinski definition) is 1. The minimum atomic E-state index is -0.585. The van der Waals surface area contributed by atoms with Gasteiger partial charge in [-0.05, 0) is 17.7 Å². The van der Waals surface area contributed by atoms with Crippen LogP contribution in [0.4, 0.5) is 5.95 Å². The van der Waals surface area contributed by atoms with Gasteiger partial charge in [0.05, 0.1) is 22.7 Å². The number of rotatable bonds is 5. The number of halogens is 2. The van der Waals surface area contributed by atoms with E-state index in [1.165, 1.54) is 31.0 Å². The first kappa shape index (κ1) is 19.4. The summed E-state index contributed by atoms with van der Waals surface area (Å²) in [6, 6.07) is 12.8. The minimum absolute atomic E-state index is 0.0567. The van der Waals surface area contributed by atoms with E-state index in [1.807, 2.05) is 30.3 Å². The normalized spacial score (nSPS) is 10.6. The maximum atomic E-state index is 11.9. The Hall–Kier alpha value is -2.35. The van der Waals surface area contributed by atoms with Crippen LogP contribution < -0.4 is 5.73 Å². The Morgan fingerprint density at radius 3 is 2.56 bits per heavy atom. The van der Waals surface area contributed by atoms with Crippen LogP contribution in [0.25, 0.3) is 11.4 Å². The molecule has 0 atom stereocenters. The van der Waals surface area contributed by atoms with E-state index in [0.29, 0.717) is 16.5 Å². The van der Waals surface area contributed by atoms with Crippen LogP contribution in [-0.4, -0.2) is 28.0 Å². The van der Waals surface area contributed by atoms with Crippen molar-refractivity contribution in [2.24, 2.45) is 0 Å². The van der Waals surface area contributed by atoms with Crippen molar-refractivity contribution >= 4 is 46.9 Å². The lowest BCUT2D eigenvalue weighted by atomic mass is 10.1. The number of nitrogen functional groups attached to an aromatic ring is 1. The number of thioether (sulfide) groups is 1. The molecule has 2 aromatic carbocycles. The molecule has 0 saturated heterocycles. The number of methoxy groups -OCH3 is 1. The summed E-state index contributed by atoms with van der Waals surface area (Å²) in [5.41, 5.74) is 7.54. The summed E-state index contributed by atoms with van der Waals surface area (Å²) in [7, 11) is 1.27. The Kier molecular flexibility index (Phi) is 6.15. The van der Waals surface area contributed by atoms with Crippen molar-refractivity contribution in [2.75, 3.05) is 12.8 Å². The molecule has 3 rings (SSSR count). The van der Waals surface area contributed by atoms with Gasteiger partial charge in [-0.3, -0.25) is 0 Å². The first-order valence-corrected chi connectivity index (χ1v) is 9.48. The number of carbonyl (C=O) groups excluding carboxylic acids is 1. The molecule has 0 bridgehead atoms. The Labute approximate surface area is 170 Å². The van der Waals surface area contributed by atoms with Crippen LogP contribution in [0, 0.1) is 0 Å². The molecule has 2 N–H and O–H groups in total. The molecule has 27 heavy (non-hydrogen) atoms. The maximum Gasteiger partial charge on any atom is 0.339 e. The van der Waals surface area contributed by atoms with E-state index in [2.05, 4.69) is 15.0 Å². The number of nitrogens with zero attached hydrogens (tertiary/aromatic N) is 3. The highest BCUT2D eigenvalue weighted by atomic mass is 35.5. The topological polar surface area (TPSA) is 91.0 Å². The highest BCUT2D eigenvalue weighted by molar-refractivity contribution is 7.98. The molecular formula is C18H14Cl2N4O2S. The molecule has 138 valence electrons. The summed E-state index contributed by atoms with van der Waals surface area (Å²) >= 11 is 13.8. The third-order valence-corrected chi connectivity index (χ3v) is 5.09. The van der Waals surface area contributed by atoms with Gasteiger partial charge < -0.3 is 10.5 Å². The highest BCUT2D eigenvalue weighted by Gasteiger charge is 2.18. The third-order valence-electron chi connectivity index (χ3n) is 3.55. The van der Waals surface area contributed by atoms with E-state index in [-0.39, 0.29) is 27.4 Å². The zero-order valence-corrected chi connectivity index (χ0v) is 16.5. The third kappa shape index (κ3) is 4.68. The smallest absolute Gasteiger partial charge is 0.339 e. The first-order chi connectivity index (χ1) is 13.0. The van der Waals surface area contributed by atoms with Crippen molar-refractivity contribution in [3.8, 4) is 11.4 Å². The van der Waals surface area contributed by atoms with Gasteiger partial charge in [0.15, 0.2) is 11.0 Å². The zero-order chi connectivity index (χ0) is 19.4. The van der Waals surface area contributed by atoms with Gasteiger partial charge in [-0.1, -0.05) is 65.3 Å². The molecule has 6 nitrogen and oxygen atoms in total. The molecule has 0 saturated carbocycles. The number of hydrogen-bond acceptors (Lipinski definition) is 7. The van der Waals surface area contributed by atoms with E-state index < -0.39 is 5.97 Å². The molecule has 0 aliphatic carbocycles. The van der Waals surface area contributed by atoms with Crippen molar-refractivity contribution in [3.05, 3.63) is 63.6 Å². The summed E-state index contributed by atoms with van der Waals surface area (Å²) in [5.74, 6) is 0.399. The fourth-order valence-electron chi connectivity index (χ4n) is 2.27. The molecule has 0 aliphatic rings. The van der Waals surface area contributed by atoms with Gasteiger partial charge in [-0.15, -0.1) is 0 Å². The molecular weight excluding hydrogens is 407 g/mol. The fraction of sp³-hybridized carbons (Fsp3) is 0.111. The summed E-state index contributed by atoms with van der Waals surface area (Å²) < 4.78 is 4.73. The second-order valence-electron chi connectivity index (χ2n) is 5.38. The molecule has 1 aromatic heterocycles. The van der Waals surface area contributed by atoms with E-state index >= 15 is 0 Å². The van der Waals surface area contributed by atoms with Crippen molar-refractivity contribution in [1.29, 1.82) is 0 Å². The first-order valence-electron chi connectivity index (χ1n) is 7.74. The van der Waals surface area contributed by atoms with Gasteiger partial charge in [0.25, 0.3) is 0 Å². The standard InChI is InChI=1S/C18H14Cl2N4O2S/c1-26-16(25)12-7-11(13(19)8-14(12)20)15-22-17(21)24-18(23-15)27-9-10-5-3-2-4-6-10/h2-8H,9H2,1H3,(H2,21,22,23,24). The lowest BCUT2D eigenvalue weighted by molar-refractivity contribution is 0.0601. The molecule has 3 aromatic rings. The van der Waals surface area contributed by atoms with Crippen LogP contribution >= 0.6 is 35.0 Å². The monoisotopic (exact) mass is 420 g/mol. The van der Waals surface area contributed by atoms with Crippen LogP contribution in [0.3, 0.4) is 0 Å². The van der Waals surface area contributed by atoms with Crippen LogP contribution in [0.15, 0.2) is 47.6 Å². The van der Waals surface area contributed by atoms with Crippen molar-refractivity contribution in [1.82, 2.24) is 15.0 Å².